The third-order valence-corrected chi connectivity index (χ3v) is 8.08. The summed E-state index contributed by atoms with van der Waals surface area (Å²) in [7, 11) is -0.113. The first-order chi connectivity index (χ1) is 14.8. The molecule has 0 saturated carbocycles. The molecular weight excluding hydrogens is 412 g/mol. The summed E-state index contributed by atoms with van der Waals surface area (Å²) in [5.41, 5.74) is 4.88. The molecule has 1 aromatic carbocycles. The fourth-order valence-corrected chi connectivity index (χ4v) is 5.77. The van der Waals surface area contributed by atoms with Gasteiger partial charge in [0.1, 0.15) is 10.6 Å². The number of ether oxygens (including phenoxy) is 1. The normalized spacial score (nSPS) is 15.9. The van der Waals surface area contributed by atoms with Crippen LogP contribution in [0.4, 0.5) is 0 Å². The largest absolute Gasteiger partial charge is 0.497 e. The lowest BCUT2D eigenvalue weighted by Crippen LogP contribution is -2.38. The minimum absolute atomic E-state index is 0.235. The summed E-state index contributed by atoms with van der Waals surface area (Å²) in [6, 6.07) is 12.2. The van der Waals surface area contributed by atoms with Crippen LogP contribution in [0.25, 0.3) is 11.1 Å². The molecule has 0 unspecified atom stereocenters. The Kier molecular flexibility index (Phi) is 5.85. The van der Waals surface area contributed by atoms with Crippen molar-refractivity contribution in [3.63, 3.8) is 0 Å². The zero-order valence-corrected chi connectivity index (χ0v) is 19.2. The van der Waals surface area contributed by atoms with E-state index in [9.17, 15) is 8.42 Å². The molecule has 0 N–H and O–H groups in total. The standard InChI is InChI=1S/C23H28N4O3S/c1-16-13-20(18-5-7-21(30-4)8-6-18)14-22(25-16)19-9-11-27(12-10-19)31(28,29)23-15-24-26(3)17(23)2/h5-8,13-15,19H,9-12H2,1-4H3. The SMILES string of the molecule is COc1ccc(-c2cc(C)nc(C3CCN(S(=O)(=O)c4cnn(C)c4C)CC3)c2)cc1. The minimum atomic E-state index is -3.53. The first kappa shape index (κ1) is 21.5. The summed E-state index contributed by atoms with van der Waals surface area (Å²) in [6.07, 6.45) is 2.94. The quantitative estimate of drug-likeness (QED) is 0.605. The summed E-state index contributed by atoms with van der Waals surface area (Å²) in [6.45, 7) is 4.74. The summed E-state index contributed by atoms with van der Waals surface area (Å²) in [5, 5.41) is 4.09. The molecule has 1 aliphatic heterocycles. The van der Waals surface area contributed by atoms with Crippen LogP contribution in [0.1, 0.15) is 35.8 Å². The molecule has 3 heterocycles. The number of benzene rings is 1. The van der Waals surface area contributed by atoms with Gasteiger partial charge in [-0.1, -0.05) is 12.1 Å². The summed E-state index contributed by atoms with van der Waals surface area (Å²) in [4.78, 5) is 5.07. The van der Waals surface area contributed by atoms with Crippen LogP contribution < -0.4 is 4.74 Å². The second kappa shape index (κ2) is 8.43. The van der Waals surface area contributed by atoms with E-state index in [4.69, 9.17) is 9.72 Å². The van der Waals surface area contributed by atoms with Crippen molar-refractivity contribution in [3.8, 4) is 16.9 Å². The molecule has 31 heavy (non-hydrogen) atoms. The minimum Gasteiger partial charge on any atom is -0.497 e. The van der Waals surface area contributed by atoms with E-state index in [-0.39, 0.29) is 5.92 Å². The number of aryl methyl sites for hydroxylation is 2. The number of hydrogen-bond donors (Lipinski definition) is 0. The van der Waals surface area contributed by atoms with Gasteiger partial charge in [-0.3, -0.25) is 9.67 Å². The molecule has 0 spiro atoms. The molecule has 3 aromatic rings. The smallest absolute Gasteiger partial charge is 0.246 e. The molecule has 164 valence electrons. The first-order valence-electron chi connectivity index (χ1n) is 10.4. The molecule has 0 bridgehead atoms. The number of aromatic nitrogens is 3. The zero-order chi connectivity index (χ0) is 22.2. The Morgan fingerprint density at radius 1 is 1.03 bits per heavy atom. The van der Waals surface area contributed by atoms with Gasteiger partial charge >= 0.3 is 0 Å². The highest BCUT2D eigenvalue weighted by Gasteiger charge is 2.32. The summed E-state index contributed by atoms with van der Waals surface area (Å²) in [5.74, 6) is 1.06. The van der Waals surface area contributed by atoms with E-state index in [2.05, 4.69) is 17.2 Å². The van der Waals surface area contributed by atoms with Crippen LogP contribution in [-0.2, 0) is 17.1 Å². The Morgan fingerprint density at radius 2 is 1.71 bits per heavy atom. The average Bonchev–Trinajstić information content (AvgIpc) is 3.12. The second-order valence-electron chi connectivity index (χ2n) is 8.05. The number of nitrogens with zero attached hydrogens (tertiary/aromatic N) is 4. The van der Waals surface area contributed by atoms with E-state index in [1.165, 1.54) is 6.20 Å². The molecule has 4 rings (SSSR count). The van der Waals surface area contributed by atoms with Crippen molar-refractivity contribution in [2.75, 3.05) is 20.2 Å². The zero-order valence-electron chi connectivity index (χ0n) is 18.4. The van der Waals surface area contributed by atoms with Crippen LogP contribution in [-0.4, -0.2) is 47.7 Å². The van der Waals surface area contributed by atoms with Gasteiger partial charge in [-0.15, -0.1) is 0 Å². The molecule has 0 atom stereocenters. The maximum Gasteiger partial charge on any atom is 0.246 e. The number of sulfonamides is 1. The molecule has 1 saturated heterocycles. The maximum atomic E-state index is 13.1. The highest BCUT2D eigenvalue weighted by Crippen LogP contribution is 2.33. The number of methoxy groups -OCH3 is 1. The van der Waals surface area contributed by atoms with Crippen molar-refractivity contribution >= 4 is 10.0 Å². The number of pyridine rings is 1. The van der Waals surface area contributed by atoms with Crippen LogP contribution >= 0.6 is 0 Å². The molecular formula is C23H28N4O3S. The lowest BCUT2D eigenvalue weighted by molar-refractivity contribution is 0.316. The summed E-state index contributed by atoms with van der Waals surface area (Å²) >= 11 is 0. The molecule has 0 amide bonds. The van der Waals surface area contributed by atoms with E-state index < -0.39 is 10.0 Å². The lowest BCUT2D eigenvalue weighted by atomic mass is 9.92. The van der Waals surface area contributed by atoms with E-state index >= 15 is 0 Å². The van der Waals surface area contributed by atoms with Crippen LogP contribution in [0.5, 0.6) is 5.75 Å². The van der Waals surface area contributed by atoms with Crippen LogP contribution in [0, 0.1) is 13.8 Å². The van der Waals surface area contributed by atoms with Gasteiger partial charge in [-0.2, -0.15) is 9.40 Å². The third kappa shape index (κ3) is 4.22. The van der Waals surface area contributed by atoms with Gasteiger partial charge in [-0.25, -0.2) is 8.42 Å². The predicted octanol–water partition coefficient (Wildman–Crippen LogP) is 3.68. The molecule has 8 heteroatoms. The number of piperidine rings is 1. The lowest BCUT2D eigenvalue weighted by Gasteiger charge is -2.31. The topological polar surface area (TPSA) is 77.3 Å². The van der Waals surface area contributed by atoms with E-state index in [0.29, 0.717) is 23.7 Å². The van der Waals surface area contributed by atoms with Crippen molar-refractivity contribution in [1.82, 2.24) is 19.1 Å². The van der Waals surface area contributed by atoms with Crippen molar-refractivity contribution in [2.45, 2.75) is 37.5 Å². The molecule has 1 fully saturated rings. The van der Waals surface area contributed by atoms with Gasteiger partial charge in [0, 0.05) is 37.4 Å². The molecule has 0 radical (unpaired) electrons. The van der Waals surface area contributed by atoms with Gasteiger partial charge in [-0.05, 0) is 62.1 Å². The Labute approximate surface area is 183 Å². The molecule has 7 nitrogen and oxygen atoms in total. The number of rotatable bonds is 5. The molecule has 0 aliphatic carbocycles. The predicted molar refractivity (Wildman–Crippen MR) is 120 cm³/mol. The van der Waals surface area contributed by atoms with Gasteiger partial charge < -0.3 is 4.74 Å². The van der Waals surface area contributed by atoms with Gasteiger partial charge in [0.05, 0.1) is 19.0 Å². The van der Waals surface area contributed by atoms with Gasteiger partial charge in [0.2, 0.25) is 10.0 Å². The van der Waals surface area contributed by atoms with E-state index in [1.807, 2.05) is 31.2 Å². The van der Waals surface area contributed by atoms with Crippen molar-refractivity contribution in [1.29, 1.82) is 0 Å². The fraction of sp³-hybridized carbons (Fsp3) is 0.391. The Hall–Kier alpha value is -2.71. The fourth-order valence-electron chi connectivity index (χ4n) is 4.12. The summed E-state index contributed by atoms with van der Waals surface area (Å²) < 4.78 is 34.5. The molecule has 2 aromatic heterocycles. The maximum absolute atomic E-state index is 13.1. The molecule has 1 aliphatic rings. The second-order valence-corrected chi connectivity index (χ2v) is 9.95. The third-order valence-electron chi connectivity index (χ3n) is 6.08. The average molecular weight is 441 g/mol. The monoisotopic (exact) mass is 440 g/mol. The van der Waals surface area contributed by atoms with E-state index in [1.54, 1.807) is 30.1 Å². The Bertz CT molecular complexity index is 1180. The van der Waals surface area contributed by atoms with Crippen molar-refractivity contribution in [3.05, 3.63) is 59.7 Å². The van der Waals surface area contributed by atoms with Crippen LogP contribution in [0.2, 0.25) is 0 Å². The Balaban J connectivity index is 1.52. The number of hydrogen-bond acceptors (Lipinski definition) is 5. The van der Waals surface area contributed by atoms with Crippen molar-refractivity contribution < 1.29 is 13.2 Å². The van der Waals surface area contributed by atoms with Gasteiger partial charge in [0.15, 0.2) is 0 Å². The van der Waals surface area contributed by atoms with Crippen LogP contribution in [0.3, 0.4) is 0 Å². The highest BCUT2D eigenvalue weighted by molar-refractivity contribution is 7.89. The highest BCUT2D eigenvalue weighted by atomic mass is 32.2. The van der Waals surface area contributed by atoms with Gasteiger partial charge in [0.25, 0.3) is 0 Å². The van der Waals surface area contributed by atoms with E-state index in [0.717, 1.165) is 41.1 Å². The Morgan fingerprint density at radius 3 is 2.29 bits per heavy atom. The van der Waals surface area contributed by atoms with Crippen LogP contribution in [0.15, 0.2) is 47.5 Å². The first-order valence-corrected chi connectivity index (χ1v) is 11.9. The van der Waals surface area contributed by atoms with Crippen molar-refractivity contribution in [2.24, 2.45) is 7.05 Å².